The van der Waals surface area contributed by atoms with Crippen LogP contribution < -0.4 is 5.32 Å². The molecule has 0 bridgehead atoms. The number of nitrogens with zero attached hydrogens (tertiary/aromatic N) is 1. The average molecular weight is 334 g/mol. The van der Waals surface area contributed by atoms with Gasteiger partial charge in [-0.1, -0.05) is 42.5 Å². The fourth-order valence-corrected chi connectivity index (χ4v) is 3.32. The molecule has 0 saturated carbocycles. The molecule has 0 radical (unpaired) electrons. The lowest BCUT2D eigenvalue weighted by atomic mass is 10.0. The zero-order valence-corrected chi connectivity index (χ0v) is 13.8. The van der Waals surface area contributed by atoms with E-state index in [0.29, 0.717) is 10.9 Å². The zero-order valence-electron chi connectivity index (χ0n) is 12.9. The lowest BCUT2D eigenvalue weighted by Crippen LogP contribution is -2.10. The van der Waals surface area contributed by atoms with Crippen molar-refractivity contribution in [1.29, 1.82) is 0 Å². The van der Waals surface area contributed by atoms with Crippen molar-refractivity contribution in [2.75, 3.05) is 5.32 Å². The molecular weight excluding hydrogens is 320 g/mol. The number of rotatable bonds is 3. The van der Waals surface area contributed by atoms with Gasteiger partial charge < -0.3 is 4.42 Å². The van der Waals surface area contributed by atoms with Crippen LogP contribution in [0, 0.1) is 6.92 Å². The maximum absolute atomic E-state index is 12.1. The number of hydrogen-bond acceptors (Lipinski definition) is 4. The largest absolute Gasteiger partial charge is 0.456 e. The Bertz CT molecular complexity index is 1030. The molecule has 0 aliphatic heterocycles. The number of carbonyl (C=O) groups is 1. The van der Waals surface area contributed by atoms with Crippen LogP contribution in [-0.4, -0.2) is 10.9 Å². The average Bonchev–Trinajstić information content (AvgIpc) is 3.23. The van der Waals surface area contributed by atoms with Gasteiger partial charge in [0.15, 0.2) is 10.9 Å². The van der Waals surface area contributed by atoms with Crippen LogP contribution in [0.25, 0.3) is 22.0 Å². The highest BCUT2D eigenvalue weighted by atomic mass is 32.1. The Morgan fingerprint density at radius 3 is 2.75 bits per heavy atom. The number of nitrogens with one attached hydrogen (secondary N) is 1. The summed E-state index contributed by atoms with van der Waals surface area (Å²) < 4.78 is 5.33. The molecule has 4 rings (SSSR count). The van der Waals surface area contributed by atoms with E-state index < -0.39 is 0 Å². The predicted octanol–water partition coefficient (Wildman–Crippen LogP) is 5.12. The van der Waals surface area contributed by atoms with Crippen LogP contribution in [0.3, 0.4) is 0 Å². The normalized spacial score (nSPS) is 10.9. The molecule has 0 unspecified atom stereocenters. The molecule has 0 fully saturated rings. The van der Waals surface area contributed by atoms with Gasteiger partial charge in [0, 0.05) is 10.9 Å². The van der Waals surface area contributed by atoms with Crippen molar-refractivity contribution < 1.29 is 9.21 Å². The van der Waals surface area contributed by atoms with Crippen molar-refractivity contribution in [3.8, 4) is 11.3 Å². The van der Waals surface area contributed by atoms with Crippen LogP contribution in [0.5, 0.6) is 0 Å². The second-order valence-electron chi connectivity index (χ2n) is 5.43. The molecule has 5 heteroatoms. The lowest BCUT2D eigenvalue weighted by Gasteiger charge is -2.03. The Labute approximate surface area is 142 Å². The molecule has 0 aliphatic carbocycles. The molecule has 4 nitrogen and oxygen atoms in total. The molecule has 0 spiro atoms. The summed E-state index contributed by atoms with van der Waals surface area (Å²) in [4.78, 5) is 16.7. The first-order valence-corrected chi connectivity index (χ1v) is 8.40. The Kier molecular flexibility index (Phi) is 3.63. The highest BCUT2D eigenvalue weighted by molar-refractivity contribution is 7.14. The Morgan fingerprint density at radius 2 is 1.92 bits per heavy atom. The third-order valence-electron chi connectivity index (χ3n) is 3.75. The number of hydrogen-bond donors (Lipinski definition) is 1. The Balaban J connectivity index is 1.64. The topological polar surface area (TPSA) is 55.1 Å². The fraction of sp³-hybridized carbons (Fsp3) is 0.0526. The SMILES string of the molecule is Cc1ccc(C(=O)Nc2nc(-c3cccc4ccccc34)cs2)o1. The van der Waals surface area contributed by atoms with Crippen LogP contribution >= 0.6 is 11.3 Å². The summed E-state index contributed by atoms with van der Waals surface area (Å²) in [5, 5.41) is 7.60. The van der Waals surface area contributed by atoms with Crippen molar-refractivity contribution in [2.24, 2.45) is 0 Å². The van der Waals surface area contributed by atoms with Crippen molar-refractivity contribution in [3.05, 3.63) is 71.5 Å². The van der Waals surface area contributed by atoms with E-state index in [-0.39, 0.29) is 11.7 Å². The minimum absolute atomic E-state index is 0.286. The first-order chi connectivity index (χ1) is 11.7. The van der Waals surface area contributed by atoms with Gasteiger partial charge in [0.1, 0.15) is 5.76 Å². The summed E-state index contributed by atoms with van der Waals surface area (Å²) in [6.45, 7) is 1.80. The maximum Gasteiger partial charge on any atom is 0.293 e. The highest BCUT2D eigenvalue weighted by Crippen LogP contribution is 2.31. The first kappa shape index (κ1) is 14.7. The van der Waals surface area contributed by atoms with Crippen molar-refractivity contribution in [1.82, 2.24) is 4.98 Å². The molecular formula is C19H14N2O2S. The van der Waals surface area contributed by atoms with Gasteiger partial charge in [-0.25, -0.2) is 4.98 Å². The van der Waals surface area contributed by atoms with Crippen LogP contribution in [0.15, 0.2) is 64.4 Å². The summed E-state index contributed by atoms with van der Waals surface area (Å²) in [6.07, 6.45) is 0. The molecule has 24 heavy (non-hydrogen) atoms. The molecule has 1 amide bonds. The second kappa shape index (κ2) is 5.94. The summed E-state index contributed by atoms with van der Waals surface area (Å²) in [5.74, 6) is 0.701. The second-order valence-corrected chi connectivity index (χ2v) is 6.29. The minimum atomic E-state index is -0.290. The van der Waals surface area contributed by atoms with Gasteiger partial charge in [0.25, 0.3) is 5.91 Å². The quantitative estimate of drug-likeness (QED) is 0.566. The molecule has 0 atom stereocenters. The summed E-state index contributed by atoms with van der Waals surface area (Å²) >= 11 is 1.40. The number of furan rings is 1. The van der Waals surface area contributed by atoms with Crippen molar-refractivity contribution in [3.63, 3.8) is 0 Å². The number of fused-ring (bicyclic) bond motifs is 1. The minimum Gasteiger partial charge on any atom is -0.456 e. The van der Waals surface area contributed by atoms with Crippen LogP contribution in [0.2, 0.25) is 0 Å². The molecule has 0 saturated heterocycles. The van der Waals surface area contributed by atoms with E-state index in [1.165, 1.54) is 16.7 Å². The predicted molar refractivity (Wildman–Crippen MR) is 96.5 cm³/mol. The smallest absolute Gasteiger partial charge is 0.293 e. The van der Waals surface area contributed by atoms with E-state index >= 15 is 0 Å². The van der Waals surface area contributed by atoms with Gasteiger partial charge in [-0.05, 0) is 29.8 Å². The van der Waals surface area contributed by atoms with Gasteiger partial charge >= 0.3 is 0 Å². The molecule has 0 aliphatic rings. The molecule has 2 aromatic carbocycles. The van der Waals surface area contributed by atoms with Gasteiger partial charge in [-0.3, -0.25) is 10.1 Å². The van der Waals surface area contributed by atoms with Gasteiger partial charge in [0.05, 0.1) is 5.69 Å². The number of benzene rings is 2. The van der Waals surface area contributed by atoms with E-state index in [4.69, 9.17) is 4.42 Å². The summed E-state index contributed by atoms with van der Waals surface area (Å²) in [7, 11) is 0. The van der Waals surface area contributed by atoms with E-state index in [1.54, 1.807) is 19.1 Å². The molecule has 4 aromatic rings. The monoisotopic (exact) mass is 334 g/mol. The number of thiazole rings is 1. The van der Waals surface area contributed by atoms with Gasteiger partial charge in [-0.2, -0.15) is 0 Å². The Morgan fingerprint density at radius 1 is 1.08 bits per heavy atom. The van der Waals surface area contributed by atoms with Crippen LogP contribution in [0.4, 0.5) is 5.13 Å². The number of carbonyl (C=O) groups excluding carboxylic acids is 1. The molecule has 2 aromatic heterocycles. The number of amides is 1. The number of anilines is 1. The third-order valence-corrected chi connectivity index (χ3v) is 4.51. The van der Waals surface area contributed by atoms with Crippen molar-refractivity contribution >= 4 is 33.1 Å². The Hall–Kier alpha value is -2.92. The summed E-state index contributed by atoms with van der Waals surface area (Å²) in [6, 6.07) is 17.7. The van der Waals surface area contributed by atoms with Crippen LogP contribution in [-0.2, 0) is 0 Å². The van der Waals surface area contributed by atoms with E-state index in [9.17, 15) is 4.79 Å². The van der Waals surface area contributed by atoms with Crippen LogP contribution in [0.1, 0.15) is 16.3 Å². The maximum atomic E-state index is 12.1. The highest BCUT2D eigenvalue weighted by Gasteiger charge is 2.13. The summed E-state index contributed by atoms with van der Waals surface area (Å²) in [5.41, 5.74) is 1.90. The number of aryl methyl sites for hydroxylation is 1. The lowest BCUT2D eigenvalue weighted by molar-refractivity contribution is 0.0995. The van der Waals surface area contributed by atoms with Gasteiger partial charge in [0.2, 0.25) is 0 Å². The van der Waals surface area contributed by atoms with E-state index in [2.05, 4.69) is 28.5 Å². The fourth-order valence-electron chi connectivity index (χ4n) is 2.62. The van der Waals surface area contributed by atoms with Gasteiger partial charge in [-0.15, -0.1) is 11.3 Å². The first-order valence-electron chi connectivity index (χ1n) is 7.52. The van der Waals surface area contributed by atoms with E-state index in [1.807, 2.05) is 29.6 Å². The molecule has 1 N–H and O–H groups in total. The molecule has 118 valence electrons. The zero-order chi connectivity index (χ0) is 16.5. The molecule has 2 heterocycles. The van der Waals surface area contributed by atoms with E-state index in [0.717, 1.165) is 16.6 Å². The number of aromatic nitrogens is 1. The standard InChI is InChI=1S/C19H14N2O2S/c1-12-9-10-17(23-12)18(22)21-19-20-16(11-24-19)15-8-4-6-13-5-2-3-7-14(13)15/h2-11H,1H3,(H,20,21,22). The van der Waals surface area contributed by atoms with Crippen molar-refractivity contribution in [2.45, 2.75) is 6.92 Å². The third kappa shape index (κ3) is 2.70.